The Bertz CT molecular complexity index is 432. The van der Waals surface area contributed by atoms with Gasteiger partial charge in [0.25, 0.3) is 0 Å². The van der Waals surface area contributed by atoms with Gasteiger partial charge in [-0.25, -0.2) is 0 Å². The van der Waals surface area contributed by atoms with Gasteiger partial charge in [0.2, 0.25) is 0 Å². The second kappa shape index (κ2) is 9.10. The van der Waals surface area contributed by atoms with Crippen LogP contribution in [0, 0.1) is 0 Å². The van der Waals surface area contributed by atoms with E-state index in [1.54, 1.807) is 0 Å². The van der Waals surface area contributed by atoms with Crippen LogP contribution in [0.5, 0.6) is 0 Å². The van der Waals surface area contributed by atoms with Crippen LogP contribution in [0.3, 0.4) is 0 Å². The number of hydrogen-bond donors (Lipinski definition) is 2. The topological polar surface area (TPSA) is 54.0 Å². The summed E-state index contributed by atoms with van der Waals surface area (Å²) in [7, 11) is 0. The van der Waals surface area contributed by atoms with E-state index >= 15 is 0 Å². The molecule has 2 unspecified atom stereocenters. The van der Waals surface area contributed by atoms with Crippen molar-refractivity contribution in [1.82, 2.24) is 5.32 Å². The molecule has 5 nitrogen and oxygen atoms in total. The van der Waals surface area contributed by atoms with E-state index in [0.29, 0.717) is 13.2 Å². The Kier molecular flexibility index (Phi) is 7.12. The summed E-state index contributed by atoms with van der Waals surface area (Å²) in [4.78, 5) is 2.41. The minimum absolute atomic E-state index is 0.0796. The predicted molar refractivity (Wildman–Crippen MR) is 88.3 cm³/mol. The summed E-state index contributed by atoms with van der Waals surface area (Å²) in [6.45, 7) is 8.82. The van der Waals surface area contributed by atoms with Crippen molar-refractivity contribution in [3.05, 3.63) is 29.8 Å². The number of hydrogen-bond acceptors (Lipinski definition) is 5. The maximum absolute atomic E-state index is 8.66. The van der Waals surface area contributed by atoms with E-state index in [4.69, 9.17) is 14.6 Å². The van der Waals surface area contributed by atoms with Crippen LogP contribution in [-0.2, 0) is 16.0 Å². The highest BCUT2D eigenvalue weighted by molar-refractivity contribution is 5.54. The normalized spacial score (nSPS) is 22.0. The van der Waals surface area contributed by atoms with Crippen LogP contribution < -0.4 is 10.2 Å². The zero-order valence-corrected chi connectivity index (χ0v) is 13.6. The Morgan fingerprint density at radius 1 is 1.23 bits per heavy atom. The number of anilines is 1. The molecule has 5 heteroatoms. The second-order valence-electron chi connectivity index (χ2n) is 5.80. The quantitative estimate of drug-likeness (QED) is 0.711. The van der Waals surface area contributed by atoms with Crippen molar-refractivity contribution in [3.8, 4) is 0 Å². The van der Waals surface area contributed by atoms with E-state index in [-0.39, 0.29) is 18.8 Å². The smallest absolute Gasteiger partial charge is 0.0726 e. The van der Waals surface area contributed by atoms with E-state index in [9.17, 15) is 0 Å². The Labute approximate surface area is 133 Å². The van der Waals surface area contributed by atoms with Crippen LogP contribution in [0.25, 0.3) is 0 Å². The lowest BCUT2D eigenvalue weighted by Crippen LogP contribution is -2.46. The van der Waals surface area contributed by atoms with Gasteiger partial charge >= 0.3 is 0 Å². The van der Waals surface area contributed by atoms with Crippen molar-refractivity contribution < 1.29 is 14.6 Å². The number of nitrogens with zero attached hydrogens (tertiary/aromatic N) is 1. The number of morpholine rings is 1. The molecule has 2 atom stereocenters. The van der Waals surface area contributed by atoms with Crippen LogP contribution in [0.15, 0.2) is 24.3 Å². The van der Waals surface area contributed by atoms with E-state index < -0.39 is 0 Å². The number of benzene rings is 1. The number of ether oxygens (including phenoxy) is 2. The zero-order chi connectivity index (χ0) is 15.8. The monoisotopic (exact) mass is 308 g/mol. The van der Waals surface area contributed by atoms with Gasteiger partial charge in [0.15, 0.2) is 0 Å². The molecule has 2 N–H and O–H groups in total. The summed E-state index contributed by atoms with van der Waals surface area (Å²) in [6.07, 6.45) is 0.522. The maximum Gasteiger partial charge on any atom is 0.0726 e. The van der Waals surface area contributed by atoms with Crippen LogP contribution in [0.4, 0.5) is 5.69 Å². The number of aliphatic hydroxyl groups excluding tert-OH is 1. The maximum atomic E-state index is 8.66. The minimum atomic E-state index is 0.0796. The first-order valence-electron chi connectivity index (χ1n) is 8.08. The molecule has 0 radical (unpaired) electrons. The summed E-state index contributed by atoms with van der Waals surface area (Å²) in [5.74, 6) is 0. The van der Waals surface area contributed by atoms with Crippen molar-refractivity contribution >= 4 is 5.69 Å². The number of rotatable bonds is 8. The Morgan fingerprint density at radius 2 is 1.95 bits per heavy atom. The molecule has 0 spiro atoms. The van der Waals surface area contributed by atoms with Gasteiger partial charge in [0.05, 0.1) is 32.0 Å². The fraction of sp³-hybridized carbons (Fsp3) is 0.647. The molecule has 1 aliphatic rings. The molecule has 1 aromatic carbocycles. The number of nitrogens with one attached hydrogen (secondary N) is 1. The largest absolute Gasteiger partial charge is 0.394 e. The molecule has 22 heavy (non-hydrogen) atoms. The van der Waals surface area contributed by atoms with Crippen LogP contribution >= 0.6 is 0 Å². The first-order valence-corrected chi connectivity index (χ1v) is 8.08. The Hall–Kier alpha value is -1.14. The molecule has 0 saturated carbocycles. The average Bonchev–Trinajstić information content (AvgIpc) is 2.50. The molecular weight excluding hydrogens is 280 g/mol. The highest BCUT2D eigenvalue weighted by atomic mass is 16.5. The van der Waals surface area contributed by atoms with Crippen molar-refractivity contribution in [2.24, 2.45) is 0 Å². The molecule has 1 aliphatic heterocycles. The molecular formula is C17H28N2O3. The van der Waals surface area contributed by atoms with Gasteiger partial charge in [-0.1, -0.05) is 18.2 Å². The number of aliphatic hydroxyl groups is 1. The van der Waals surface area contributed by atoms with Gasteiger partial charge in [0.1, 0.15) is 0 Å². The van der Waals surface area contributed by atoms with E-state index in [2.05, 4.69) is 48.3 Å². The highest BCUT2D eigenvalue weighted by Gasteiger charge is 2.23. The first kappa shape index (κ1) is 17.2. The highest BCUT2D eigenvalue weighted by Crippen LogP contribution is 2.24. The van der Waals surface area contributed by atoms with Gasteiger partial charge in [-0.15, -0.1) is 0 Å². The predicted octanol–water partition coefficient (Wildman–Crippen LogP) is 1.40. The van der Waals surface area contributed by atoms with Gasteiger partial charge in [-0.3, -0.25) is 0 Å². The fourth-order valence-corrected chi connectivity index (χ4v) is 2.88. The molecule has 1 fully saturated rings. The van der Waals surface area contributed by atoms with Crippen molar-refractivity contribution in [2.45, 2.75) is 32.6 Å². The van der Waals surface area contributed by atoms with E-state index in [1.165, 1.54) is 11.3 Å². The van der Waals surface area contributed by atoms with E-state index in [1.807, 2.05) is 0 Å². The van der Waals surface area contributed by atoms with E-state index in [0.717, 1.165) is 26.2 Å². The molecule has 0 bridgehead atoms. The third-order valence-corrected chi connectivity index (χ3v) is 3.73. The first-order chi connectivity index (χ1) is 10.7. The molecule has 1 aromatic rings. The van der Waals surface area contributed by atoms with Crippen molar-refractivity contribution in [1.29, 1.82) is 0 Å². The zero-order valence-electron chi connectivity index (χ0n) is 13.6. The molecule has 2 rings (SSSR count). The SMILES string of the molecule is CC1CN(c2ccccc2CNCCOCCO)CC(C)O1. The molecule has 1 saturated heterocycles. The van der Waals surface area contributed by atoms with Crippen molar-refractivity contribution in [3.63, 3.8) is 0 Å². The summed E-state index contributed by atoms with van der Waals surface area (Å²) in [6, 6.07) is 8.52. The number of para-hydroxylation sites is 1. The Balaban J connectivity index is 1.89. The molecule has 0 aromatic heterocycles. The summed E-state index contributed by atoms with van der Waals surface area (Å²) < 4.78 is 11.1. The van der Waals surface area contributed by atoms with Gasteiger partial charge in [-0.2, -0.15) is 0 Å². The molecule has 0 aliphatic carbocycles. The summed E-state index contributed by atoms with van der Waals surface area (Å²) in [5.41, 5.74) is 2.58. The lowest BCUT2D eigenvalue weighted by molar-refractivity contribution is -0.00526. The Morgan fingerprint density at radius 3 is 2.68 bits per heavy atom. The summed E-state index contributed by atoms with van der Waals surface area (Å²) >= 11 is 0. The summed E-state index contributed by atoms with van der Waals surface area (Å²) in [5, 5.41) is 12.1. The average molecular weight is 308 g/mol. The lowest BCUT2D eigenvalue weighted by atomic mass is 10.1. The van der Waals surface area contributed by atoms with Gasteiger partial charge in [-0.05, 0) is 25.5 Å². The fourth-order valence-electron chi connectivity index (χ4n) is 2.88. The minimum Gasteiger partial charge on any atom is -0.394 e. The second-order valence-corrected chi connectivity index (χ2v) is 5.80. The third kappa shape index (κ3) is 5.25. The van der Waals surface area contributed by atoms with Gasteiger partial charge < -0.3 is 24.8 Å². The van der Waals surface area contributed by atoms with Crippen LogP contribution in [0.1, 0.15) is 19.4 Å². The van der Waals surface area contributed by atoms with Gasteiger partial charge in [0, 0.05) is 31.9 Å². The third-order valence-electron chi connectivity index (χ3n) is 3.73. The molecule has 0 amide bonds. The molecule has 1 heterocycles. The van der Waals surface area contributed by atoms with Crippen LogP contribution in [0.2, 0.25) is 0 Å². The van der Waals surface area contributed by atoms with Crippen LogP contribution in [-0.4, -0.2) is 56.8 Å². The van der Waals surface area contributed by atoms with Crippen molar-refractivity contribution in [2.75, 3.05) is 44.4 Å². The standard InChI is InChI=1S/C17H28N2O3/c1-14-12-19(13-15(2)22-14)17-6-4-3-5-16(17)11-18-7-9-21-10-8-20/h3-6,14-15,18,20H,7-13H2,1-2H3. The lowest BCUT2D eigenvalue weighted by Gasteiger charge is -2.37. The molecule has 124 valence electrons.